The molecule has 2 aromatic rings. The van der Waals surface area contributed by atoms with Crippen LogP contribution in [0.15, 0.2) is 24.8 Å². The second kappa shape index (κ2) is 7.38. The maximum absolute atomic E-state index is 4.52. The van der Waals surface area contributed by atoms with Crippen molar-refractivity contribution in [3.63, 3.8) is 0 Å². The monoisotopic (exact) mass is 367 g/mol. The number of rotatable bonds is 5. The molecule has 2 saturated heterocycles. The van der Waals surface area contributed by atoms with Gasteiger partial charge in [0.05, 0.1) is 0 Å². The number of anilines is 2. The SMILES string of the molecule is CC(C)c1cc(N2CC3CN(Cc4cnc(N(C)C)nc4)CC3C2)ncn1. The number of nitrogens with zero attached hydrogens (tertiary/aromatic N) is 7. The Kier molecular flexibility index (Phi) is 4.95. The largest absolute Gasteiger partial charge is 0.356 e. The minimum Gasteiger partial charge on any atom is -0.356 e. The van der Waals surface area contributed by atoms with Gasteiger partial charge in [-0.2, -0.15) is 0 Å². The van der Waals surface area contributed by atoms with Gasteiger partial charge < -0.3 is 9.80 Å². The lowest BCUT2D eigenvalue weighted by molar-refractivity contribution is 0.308. The Bertz CT molecular complexity index is 760. The van der Waals surface area contributed by atoms with Gasteiger partial charge in [0.15, 0.2) is 0 Å². The third kappa shape index (κ3) is 3.88. The van der Waals surface area contributed by atoms with Crippen molar-refractivity contribution >= 4 is 11.8 Å². The Balaban J connectivity index is 1.35. The molecule has 2 aliphatic rings. The van der Waals surface area contributed by atoms with E-state index in [0.29, 0.717) is 17.8 Å². The first-order valence-corrected chi connectivity index (χ1v) is 9.77. The van der Waals surface area contributed by atoms with Gasteiger partial charge in [-0.25, -0.2) is 19.9 Å². The van der Waals surface area contributed by atoms with E-state index in [4.69, 9.17) is 0 Å². The third-order valence-corrected chi connectivity index (χ3v) is 5.65. The fourth-order valence-electron chi connectivity index (χ4n) is 4.18. The minimum absolute atomic E-state index is 0.436. The summed E-state index contributed by atoms with van der Waals surface area (Å²) >= 11 is 0. The summed E-state index contributed by atoms with van der Waals surface area (Å²) < 4.78 is 0. The number of likely N-dealkylation sites (tertiary alicyclic amines) is 1. The van der Waals surface area contributed by atoms with Crippen molar-refractivity contribution < 1.29 is 0 Å². The van der Waals surface area contributed by atoms with Crippen molar-refractivity contribution in [3.05, 3.63) is 36.0 Å². The van der Waals surface area contributed by atoms with Gasteiger partial charge >= 0.3 is 0 Å². The van der Waals surface area contributed by atoms with E-state index in [9.17, 15) is 0 Å². The van der Waals surface area contributed by atoms with Gasteiger partial charge in [0, 0.05) is 76.5 Å². The molecule has 0 aliphatic carbocycles. The summed E-state index contributed by atoms with van der Waals surface area (Å²) in [7, 11) is 3.92. The summed E-state index contributed by atoms with van der Waals surface area (Å²) in [5.41, 5.74) is 2.31. The van der Waals surface area contributed by atoms with Crippen LogP contribution in [0, 0.1) is 11.8 Å². The first kappa shape index (κ1) is 18.1. The number of fused-ring (bicyclic) bond motifs is 1. The standard InChI is InChI=1S/C20H29N7/c1-14(2)18-5-19(24-13-23-18)27-11-16-9-26(10-17(16)12-27)8-15-6-21-20(22-7-15)25(3)4/h5-7,13-14,16-17H,8-12H2,1-4H3. The van der Waals surface area contributed by atoms with E-state index >= 15 is 0 Å². The van der Waals surface area contributed by atoms with Gasteiger partial charge in [-0.05, 0) is 17.8 Å². The van der Waals surface area contributed by atoms with Crippen LogP contribution >= 0.6 is 0 Å². The van der Waals surface area contributed by atoms with Gasteiger partial charge in [-0.3, -0.25) is 4.90 Å². The molecule has 0 amide bonds. The summed E-state index contributed by atoms with van der Waals surface area (Å²) in [4.78, 5) is 24.7. The molecule has 0 bridgehead atoms. The zero-order chi connectivity index (χ0) is 19.0. The highest BCUT2D eigenvalue weighted by Gasteiger charge is 2.40. The Morgan fingerprint density at radius 2 is 1.67 bits per heavy atom. The zero-order valence-electron chi connectivity index (χ0n) is 16.7. The fraction of sp³-hybridized carbons (Fsp3) is 0.600. The number of aromatic nitrogens is 4. The second-order valence-corrected chi connectivity index (χ2v) is 8.36. The number of hydrogen-bond acceptors (Lipinski definition) is 7. The molecular formula is C20H29N7. The zero-order valence-corrected chi connectivity index (χ0v) is 16.7. The summed E-state index contributed by atoms with van der Waals surface area (Å²) in [6.45, 7) is 9.75. The molecule has 0 N–H and O–H groups in total. The molecular weight excluding hydrogens is 338 g/mol. The summed E-state index contributed by atoms with van der Waals surface area (Å²) in [5, 5.41) is 0. The fourth-order valence-corrected chi connectivity index (χ4v) is 4.18. The van der Waals surface area contributed by atoms with E-state index in [0.717, 1.165) is 50.2 Å². The van der Waals surface area contributed by atoms with Crippen molar-refractivity contribution in [2.45, 2.75) is 26.3 Å². The first-order valence-electron chi connectivity index (χ1n) is 9.77. The second-order valence-electron chi connectivity index (χ2n) is 8.36. The highest BCUT2D eigenvalue weighted by molar-refractivity contribution is 5.41. The Morgan fingerprint density at radius 1 is 1.00 bits per heavy atom. The molecule has 2 unspecified atom stereocenters. The number of hydrogen-bond donors (Lipinski definition) is 0. The predicted octanol–water partition coefficient (Wildman–Crippen LogP) is 2.02. The van der Waals surface area contributed by atoms with E-state index in [1.165, 1.54) is 5.56 Å². The average Bonchev–Trinajstić information content (AvgIpc) is 3.21. The third-order valence-electron chi connectivity index (χ3n) is 5.65. The molecule has 27 heavy (non-hydrogen) atoms. The minimum atomic E-state index is 0.436. The molecule has 4 heterocycles. The van der Waals surface area contributed by atoms with Crippen LogP contribution in [0.5, 0.6) is 0 Å². The van der Waals surface area contributed by atoms with Crippen LogP contribution in [0.2, 0.25) is 0 Å². The Labute approximate surface area is 161 Å². The van der Waals surface area contributed by atoms with E-state index < -0.39 is 0 Å². The topological polar surface area (TPSA) is 61.3 Å². The first-order chi connectivity index (χ1) is 13.0. The van der Waals surface area contributed by atoms with Crippen molar-refractivity contribution in [2.75, 3.05) is 50.1 Å². The lowest BCUT2D eigenvalue weighted by atomic mass is 10.0. The summed E-state index contributed by atoms with van der Waals surface area (Å²) in [5.74, 6) is 3.71. The van der Waals surface area contributed by atoms with Crippen molar-refractivity contribution in [3.8, 4) is 0 Å². The maximum Gasteiger partial charge on any atom is 0.224 e. The van der Waals surface area contributed by atoms with Gasteiger partial charge in [0.1, 0.15) is 12.1 Å². The van der Waals surface area contributed by atoms with Gasteiger partial charge in [0.25, 0.3) is 0 Å². The Morgan fingerprint density at radius 3 is 2.26 bits per heavy atom. The van der Waals surface area contributed by atoms with Crippen LogP contribution in [0.4, 0.5) is 11.8 Å². The van der Waals surface area contributed by atoms with E-state index in [1.54, 1.807) is 6.33 Å². The molecule has 4 rings (SSSR count). The van der Waals surface area contributed by atoms with E-state index in [-0.39, 0.29) is 0 Å². The molecule has 0 spiro atoms. The average molecular weight is 368 g/mol. The molecule has 2 atom stereocenters. The van der Waals surface area contributed by atoms with Crippen LogP contribution in [0.3, 0.4) is 0 Å². The molecule has 7 heteroatoms. The van der Waals surface area contributed by atoms with Crippen LogP contribution in [0.1, 0.15) is 31.0 Å². The predicted molar refractivity (Wildman–Crippen MR) is 107 cm³/mol. The highest BCUT2D eigenvalue weighted by atomic mass is 15.3. The van der Waals surface area contributed by atoms with Gasteiger partial charge in [-0.15, -0.1) is 0 Å². The van der Waals surface area contributed by atoms with E-state index in [1.807, 2.05) is 31.4 Å². The molecule has 144 valence electrons. The molecule has 2 aromatic heterocycles. The smallest absolute Gasteiger partial charge is 0.224 e. The molecule has 2 aliphatic heterocycles. The van der Waals surface area contributed by atoms with Gasteiger partial charge in [0.2, 0.25) is 5.95 Å². The van der Waals surface area contributed by atoms with E-state index in [2.05, 4.69) is 49.6 Å². The molecule has 0 saturated carbocycles. The molecule has 7 nitrogen and oxygen atoms in total. The molecule has 0 aromatic carbocycles. The van der Waals surface area contributed by atoms with Crippen LogP contribution in [0.25, 0.3) is 0 Å². The normalized spacial score (nSPS) is 22.5. The van der Waals surface area contributed by atoms with Crippen LogP contribution in [-0.4, -0.2) is 65.1 Å². The molecule has 0 radical (unpaired) electrons. The lowest BCUT2D eigenvalue weighted by Crippen LogP contribution is -2.29. The summed E-state index contributed by atoms with van der Waals surface area (Å²) in [6.07, 6.45) is 5.62. The summed E-state index contributed by atoms with van der Waals surface area (Å²) in [6, 6.07) is 2.16. The van der Waals surface area contributed by atoms with Crippen molar-refractivity contribution in [1.29, 1.82) is 0 Å². The van der Waals surface area contributed by atoms with Crippen LogP contribution in [-0.2, 0) is 6.54 Å². The van der Waals surface area contributed by atoms with Crippen molar-refractivity contribution in [1.82, 2.24) is 24.8 Å². The van der Waals surface area contributed by atoms with Crippen molar-refractivity contribution in [2.24, 2.45) is 11.8 Å². The maximum atomic E-state index is 4.52. The Hall–Kier alpha value is -2.28. The van der Waals surface area contributed by atoms with Crippen LogP contribution < -0.4 is 9.80 Å². The highest BCUT2D eigenvalue weighted by Crippen LogP contribution is 2.34. The molecule has 2 fully saturated rings. The quantitative estimate of drug-likeness (QED) is 0.801. The lowest BCUT2D eigenvalue weighted by Gasteiger charge is -2.22. The van der Waals surface area contributed by atoms with Gasteiger partial charge in [-0.1, -0.05) is 13.8 Å².